The number of nitrogens with zero attached hydrogens (tertiary/aromatic N) is 2. The summed E-state index contributed by atoms with van der Waals surface area (Å²) in [5.74, 6) is 0.762. The number of aromatic nitrogens is 2. The Balaban J connectivity index is 2.29. The summed E-state index contributed by atoms with van der Waals surface area (Å²) in [6.07, 6.45) is 3.51. The van der Waals surface area contributed by atoms with Crippen LogP contribution in [0.4, 0.5) is 0 Å². The lowest BCUT2D eigenvalue weighted by atomic mass is 10.3. The summed E-state index contributed by atoms with van der Waals surface area (Å²) >= 11 is 5.89. The molecule has 1 aromatic carbocycles. The average Bonchev–Trinajstić information content (AvgIpc) is 2.67. The van der Waals surface area contributed by atoms with Crippen molar-refractivity contribution in [2.75, 3.05) is 6.61 Å². The first-order valence-electron chi connectivity index (χ1n) is 4.73. The molecule has 0 radical (unpaired) electrons. The summed E-state index contributed by atoms with van der Waals surface area (Å²) in [6.45, 7) is 2.58. The largest absolute Gasteiger partial charge is 0.491 e. The van der Waals surface area contributed by atoms with Crippen LogP contribution < -0.4 is 4.74 Å². The van der Waals surface area contributed by atoms with E-state index in [9.17, 15) is 0 Å². The molecule has 0 aliphatic heterocycles. The van der Waals surface area contributed by atoms with Crippen LogP contribution in [0.3, 0.4) is 0 Å². The normalized spacial score (nSPS) is 10.3. The molecule has 0 bridgehead atoms. The molecule has 0 amide bonds. The number of hydrogen-bond acceptors (Lipinski definition) is 2. The molecule has 2 aromatic rings. The standard InChI is InChI=1S/C11H11ClN2O/c1-2-15-11-7-13-14(8-11)10-5-3-4-9(12)6-10/h3-8H,2H2,1H3. The van der Waals surface area contributed by atoms with Crippen molar-refractivity contribution < 1.29 is 4.74 Å². The van der Waals surface area contributed by atoms with Gasteiger partial charge in [-0.25, -0.2) is 4.68 Å². The van der Waals surface area contributed by atoms with Gasteiger partial charge in [-0.1, -0.05) is 17.7 Å². The Hall–Kier alpha value is -1.48. The summed E-state index contributed by atoms with van der Waals surface area (Å²) in [5.41, 5.74) is 0.924. The number of ether oxygens (including phenoxy) is 1. The SMILES string of the molecule is CCOc1cnn(-c2cccc(Cl)c2)c1. The van der Waals surface area contributed by atoms with Crippen molar-refractivity contribution in [1.82, 2.24) is 9.78 Å². The van der Waals surface area contributed by atoms with Crippen molar-refractivity contribution in [1.29, 1.82) is 0 Å². The Bertz CT molecular complexity index is 453. The van der Waals surface area contributed by atoms with E-state index in [1.165, 1.54) is 0 Å². The molecule has 0 atom stereocenters. The van der Waals surface area contributed by atoms with E-state index in [1.807, 2.05) is 37.4 Å². The summed E-state index contributed by atoms with van der Waals surface area (Å²) in [5, 5.41) is 4.87. The highest BCUT2D eigenvalue weighted by Crippen LogP contribution is 2.16. The predicted molar refractivity (Wildman–Crippen MR) is 59.7 cm³/mol. The predicted octanol–water partition coefficient (Wildman–Crippen LogP) is 2.92. The van der Waals surface area contributed by atoms with Crippen molar-refractivity contribution in [3.05, 3.63) is 41.7 Å². The van der Waals surface area contributed by atoms with E-state index >= 15 is 0 Å². The van der Waals surface area contributed by atoms with Gasteiger partial charge in [-0.15, -0.1) is 0 Å². The highest BCUT2D eigenvalue weighted by Gasteiger charge is 2.01. The first-order chi connectivity index (χ1) is 7.29. The first kappa shape index (κ1) is 10.1. The second kappa shape index (κ2) is 4.36. The molecule has 3 nitrogen and oxygen atoms in total. The molecular formula is C11H11ClN2O. The van der Waals surface area contributed by atoms with Crippen LogP contribution in [-0.2, 0) is 0 Å². The number of hydrogen-bond donors (Lipinski definition) is 0. The van der Waals surface area contributed by atoms with E-state index in [-0.39, 0.29) is 0 Å². The van der Waals surface area contributed by atoms with Gasteiger partial charge in [-0.2, -0.15) is 5.10 Å². The molecular weight excluding hydrogens is 212 g/mol. The monoisotopic (exact) mass is 222 g/mol. The Kier molecular flexibility index (Phi) is 2.92. The second-order valence-corrected chi connectivity index (χ2v) is 3.47. The Morgan fingerprint density at radius 3 is 3.07 bits per heavy atom. The molecule has 0 spiro atoms. The number of benzene rings is 1. The number of rotatable bonds is 3. The van der Waals surface area contributed by atoms with Gasteiger partial charge in [0.1, 0.15) is 0 Å². The lowest BCUT2D eigenvalue weighted by molar-refractivity contribution is 0.340. The lowest BCUT2D eigenvalue weighted by Crippen LogP contribution is -1.93. The van der Waals surface area contributed by atoms with Gasteiger partial charge < -0.3 is 4.74 Å². The van der Waals surface area contributed by atoms with Crippen molar-refractivity contribution in [3.8, 4) is 11.4 Å². The molecule has 0 aliphatic rings. The zero-order valence-corrected chi connectivity index (χ0v) is 9.11. The molecule has 0 N–H and O–H groups in total. The third-order valence-electron chi connectivity index (χ3n) is 1.94. The van der Waals surface area contributed by atoms with E-state index < -0.39 is 0 Å². The van der Waals surface area contributed by atoms with Crippen molar-refractivity contribution >= 4 is 11.6 Å². The van der Waals surface area contributed by atoms with Crippen molar-refractivity contribution in [3.63, 3.8) is 0 Å². The van der Waals surface area contributed by atoms with Crippen molar-refractivity contribution in [2.45, 2.75) is 6.92 Å². The maximum atomic E-state index is 5.89. The Morgan fingerprint density at radius 2 is 2.33 bits per heavy atom. The smallest absolute Gasteiger partial charge is 0.157 e. The molecule has 0 unspecified atom stereocenters. The fourth-order valence-electron chi connectivity index (χ4n) is 1.31. The summed E-state index contributed by atoms with van der Waals surface area (Å²) in [4.78, 5) is 0. The molecule has 1 aromatic heterocycles. The van der Waals surface area contributed by atoms with E-state index in [0.717, 1.165) is 11.4 Å². The van der Waals surface area contributed by atoms with Gasteiger partial charge in [-0.05, 0) is 25.1 Å². The van der Waals surface area contributed by atoms with Crippen LogP contribution in [0.15, 0.2) is 36.7 Å². The van der Waals surface area contributed by atoms with E-state index in [1.54, 1.807) is 10.9 Å². The summed E-state index contributed by atoms with van der Waals surface area (Å²) in [7, 11) is 0. The number of halogens is 1. The minimum Gasteiger partial charge on any atom is -0.491 e. The molecule has 1 heterocycles. The lowest BCUT2D eigenvalue weighted by Gasteiger charge is -2.00. The van der Waals surface area contributed by atoms with E-state index in [2.05, 4.69) is 5.10 Å². The highest BCUT2D eigenvalue weighted by atomic mass is 35.5. The second-order valence-electron chi connectivity index (χ2n) is 3.03. The first-order valence-corrected chi connectivity index (χ1v) is 5.11. The van der Waals surface area contributed by atoms with Crippen LogP contribution in [0.25, 0.3) is 5.69 Å². The average molecular weight is 223 g/mol. The van der Waals surface area contributed by atoms with Crippen molar-refractivity contribution in [2.24, 2.45) is 0 Å². The molecule has 2 rings (SSSR count). The maximum absolute atomic E-state index is 5.89. The zero-order chi connectivity index (χ0) is 10.7. The topological polar surface area (TPSA) is 27.1 Å². The fourth-order valence-corrected chi connectivity index (χ4v) is 1.49. The molecule has 0 saturated carbocycles. The minimum atomic E-state index is 0.640. The molecule has 4 heteroatoms. The van der Waals surface area contributed by atoms with Crippen LogP contribution in [0.2, 0.25) is 5.02 Å². The van der Waals surface area contributed by atoms with Crippen LogP contribution >= 0.6 is 11.6 Å². The summed E-state index contributed by atoms with van der Waals surface area (Å²) < 4.78 is 7.05. The quantitative estimate of drug-likeness (QED) is 0.799. The van der Waals surface area contributed by atoms with Gasteiger partial charge in [0.05, 0.1) is 24.7 Å². The zero-order valence-electron chi connectivity index (χ0n) is 8.35. The molecule has 0 aliphatic carbocycles. The van der Waals surface area contributed by atoms with E-state index in [0.29, 0.717) is 11.6 Å². The van der Waals surface area contributed by atoms with Gasteiger partial charge in [0.25, 0.3) is 0 Å². The minimum absolute atomic E-state index is 0.640. The Labute approximate surface area is 93.2 Å². The van der Waals surface area contributed by atoms with Crippen LogP contribution in [0.5, 0.6) is 5.75 Å². The van der Waals surface area contributed by atoms with Gasteiger partial charge in [0.2, 0.25) is 0 Å². The summed E-state index contributed by atoms with van der Waals surface area (Å²) in [6, 6.07) is 7.51. The maximum Gasteiger partial charge on any atom is 0.157 e. The Morgan fingerprint density at radius 1 is 1.47 bits per heavy atom. The van der Waals surface area contributed by atoms with Gasteiger partial charge in [0, 0.05) is 5.02 Å². The molecule has 15 heavy (non-hydrogen) atoms. The molecule has 0 saturated heterocycles. The van der Waals surface area contributed by atoms with Gasteiger partial charge in [-0.3, -0.25) is 0 Å². The third kappa shape index (κ3) is 2.30. The van der Waals surface area contributed by atoms with Gasteiger partial charge in [0.15, 0.2) is 5.75 Å². The van der Waals surface area contributed by atoms with Crippen LogP contribution in [0, 0.1) is 0 Å². The molecule has 0 fully saturated rings. The third-order valence-corrected chi connectivity index (χ3v) is 2.18. The van der Waals surface area contributed by atoms with E-state index in [4.69, 9.17) is 16.3 Å². The van der Waals surface area contributed by atoms with Crippen LogP contribution in [-0.4, -0.2) is 16.4 Å². The van der Waals surface area contributed by atoms with Gasteiger partial charge >= 0.3 is 0 Å². The molecule has 78 valence electrons. The highest BCUT2D eigenvalue weighted by molar-refractivity contribution is 6.30. The van der Waals surface area contributed by atoms with Crippen LogP contribution in [0.1, 0.15) is 6.92 Å². The fraction of sp³-hybridized carbons (Fsp3) is 0.182.